The molecule has 116 valence electrons. The molecule has 4 rings (SSSR count). The van der Waals surface area contributed by atoms with E-state index in [9.17, 15) is 4.79 Å². The molecular weight excluding hydrogens is 292 g/mol. The first-order valence-electron chi connectivity index (χ1n) is 8.20. The second-order valence-corrected chi connectivity index (χ2v) is 7.96. The molecule has 0 aromatic heterocycles. The van der Waals surface area contributed by atoms with Crippen LogP contribution in [0.15, 0.2) is 28.7 Å². The van der Waals surface area contributed by atoms with Crippen LogP contribution in [0.1, 0.15) is 44.6 Å². The Bertz CT molecular complexity index is 676. The monoisotopic (exact) mass is 314 g/mol. The van der Waals surface area contributed by atoms with Gasteiger partial charge in [-0.3, -0.25) is 4.79 Å². The van der Waals surface area contributed by atoms with Crippen molar-refractivity contribution in [3.63, 3.8) is 0 Å². The number of hydrogen-bond donors (Lipinski definition) is 0. The third-order valence-electron chi connectivity index (χ3n) is 5.90. The second kappa shape index (κ2) is 5.16. The number of ketones is 1. The van der Waals surface area contributed by atoms with Gasteiger partial charge in [-0.2, -0.15) is 0 Å². The fourth-order valence-corrected chi connectivity index (χ4v) is 5.78. The number of fused-ring (bicyclic) bond motifs is 4. The van der Waals surface area contributed by atoms with Crippen LogP contribution in [0.5, 0.6) is 5.75 Å². The van der Waals surface area contributed by atoms with Gasteiger partial charge in [0.2, 0.25) is 0 Å². The maximum atomic E-state index is 12.5. The van der Waals surface area contributed by atoms with Crippen molar-refractivity contribution in [1.82, 2.24) is 0 Å². The lowest BCUT2D eigenvalue weighted by Gasteiger charge is -2.47. The first-order valence-corrected chi connectivity index (χ1v) is 9.18. The first kappa shape index (κ1) is 14.4. The molecule has 0 unspecified atom stereocenters. The summed E-state index contributed by atoms with van der Waals surface area (Å²) in [5, 5.41) is 0. The quantitative estimate of drug-likeness (QED) is 0.750. The zero-order chi connectivity index (χ0) is 15.3. The van der Waals surface area contributed by atoms with E-state index < -0.39 is 0 Å². The van der Waals surface area contributed by atoms with Crippen molar-refractivity contribution in [3.05, 3.63) is 29.3 Å². The molecule has 1 heterocycles. The minimum atomic E-state index is -0.0956. The minimum Gasteiger partial charge on any atom is -0.497 e. The zero-order valence-electron chi connectivity index (χ0n) is 13.3. The highest BCUT2D eigenvalue weighted by atomic mass is 32.2. The van der Waals surface area contributed by atoms with E-state index in [4.69, 9.17) is 4.74 Å². The lowest BCUT2D eigenvalue weighted by molar-refractivity contribution is -0.133. The van der Waals surface area contributed by atoms with Crippen LogP contribution in [-0.4, -0.2) is 18.6 Å². The van der Waals surface area contributed by atoms with Gasteiger partial charge in [-0.25, -0.2) is 0 Å². The fraction of sp³-hybridized carbons (Fsp3) is 0.526. The van der Waals surface area contributed by atoms with Gasteiger partial charge in [0, 0.05) is 22.5 Å². The Labute approximate surface area is 136 Å². The Hall–Kier alpha value is -1.22. The number of rotatable bonds is 1. The number of carbonyl (C=O) groups is 1. The third kappa shape index (κ3) is 1.98. The van der Waals surface area contributed by atoms with Gasteiger partial charge in [0.05, 0.1) is 7.11 Å². The van der Waals surface area contributed by atoms with E-state index in [0.717, 1.165) is 37.2 Å². The normalized spacial score (nSPS) is 30.5. The van der Waals surface area contributed by atoms with E-state index in [0.29, 0.717) is 11.7 Å². The molecule has 0 radical (unpaired) electrons. The molecule has 2 aliphatic carbocycles. The van der Waals surface area contributed by atoms with Crippen molar-refractivity contribution in [2.45, 2.75) is 43.9 Å². The molecule has 2 atom stereocenters. The summed E-state index contributed by atoms with van der Waals surface area (Å²) in [5.74, 6) is 2.95. The maximum absolute atomic E-state index is 12.5. The number of carbonyl (C=O) groups excluding carboxylic acids is 1. The number of allylic oxidation sites excluding steroid dienone is 1. The smallest absolute Gasteiger partial charge is 0.139 e. The molecule has 0 spiro atoms. The number of thioether (sulfide) groups is 1. The molecule has 0 N–H and O–H groups in total. The molecule has 0 bridgehead atoms. The molecular formula is C19H22O2S. The van der Waals surface area contributed by atoms with Crippen molar-refractivity contribution >= 4 is 23.1 Å². The average molecular weight is 314 g/mol. The highest BCUT2D eigenvalue weighted by Crippen LogP contribution is 2.56. The van der Waals surface area contributed by atoms with Gasteiger partial charge in [-0.1, -0.05) is 12.5 Å². The summed E-state index contributed by atoms with van der Waals surface area (Å²) in [7, 11) is 1.72. The predicted octanol–water partition coefficient (Wildman–Crippen LogP) is 4.72. The summed E-state index contributed by atoms with van der Waals surface area (Å²) in [5.41, 5.74) is 4.37. The van der Waals surface area contributed by atoms with E-state index in [1.165, 1.54) is 22.5 Å². The number of benzene rings is 1. The van der Waals surface area contributed by atoms with Gasteiger partial charge in [-0.15, -0.1) is 11.8 Å². The van der Waals surface area contributed by atoms with Crippen molar-refractivity contribution in [3.8, 4) is 5.75 Å². The molecule has 3 heteroatoms. The molecule has 0 saturated heterocycles. The molecule has 22 heavy (non-hydrogen) atoms. The summed E-state index contributed by atoms with van der Waals surface area (Å²) >= 11 is 1.91. The van der Waals surface area contributed by atoms with Crippen LogP contribution < -0.4 is 4.74 Å². The van der Waals surface area contributed by atoms with E-state index in [-0.39, 0.29) is 5.41 Å². The molecule has 2 nitrogen and oxygen atoms in total. The topological polar surface area (TPSA) is 26.3 Å². The lowest BCUT2D eigenvalue weighted by atomic mass is 9.58. The van der Waals surface area contributed by atoms with Crippen molar-refractivity contribution in [2.24, 2.45) is 11.3 Å². The minimum absolute atomic E-state index is 0.0956. The van der Waals surface area contributed by atoms with Gasteiger partial charge in [-0.05, 0) is 60.9 Å². The first-order chi connectivity index (χ1) is 10.6. The van der Waals surface area contributed by atoms with Crippen LogP contribution in [-0.2, 0) is 4.79 Å². The van der Waals surface area contributed by atoms with Crippen LogP contribution in [0.4, 0.5) is 0 Å². The molecule has 1 aromatic carbocycles. The third-order valence-corrected chi connectivity index (χ3v) is 7.01. The zero-order valence-corrected chi connectivity index (χ0v) is 14.1. The van der Waals surface area contributed by atoms with E-state index in [1.807, 2.05) is 11.8 Å². The number of ether oxygens (including phenoxy) is 1. The number of hydrogen-bond acceptors (Lipinski definition) is 3. The van der Waals surface area contributed by atoms with Gasteiger partial charge in [0.15, 0.2) is 0 Å². The Morgan fingerprint density at radius 2 is 2.18 bits per heavy atom. The van der Waals surface area contributed by atoms with Gasteiger partial charge >= 0.3 is 0 Å². The summed E-state index contributed by atoms with van der Waals surface area (Å²) in [6.45, 7) is 2.22. The van der Waals surface area contributed by atoms with Crippen LogP contribution >= 0.6 is 11.8 Å². The van der Waals surface area contributed by atoms with Crippen molar-refractivity contribution in [2.75, 3.05) is 12.9 Å². The van der Waals surface area contributed by atoms with Gasteiger partial charge in [0.1, 0.15) is 11.5 Å². The van der Waals surface area contributed by atoms with E-state index in [2.05, 4.69) is 25.1 Å². The van der Waals surface area contributed by atoms with Crippen LogP contribution in [0.25, 0.3) is 5.57 Å². The summed E-state index contributed by atoms with van der Waals surface area (Å²) in [6.07, 6.45) is 5.11. The SMILES string of the molecule is COc1ccc2c(c1)SCC1=C2CC[C@@]2(C)C(=O)CCC[C@@H]12. The molecule has 1 fully saturated rings. The highest BCUT2D eigenvalue weighted by Gasteiger charge is 2.48. The van der Waals surface area contributed by atoms with Crippen molar-refractivity contribution in [1.29, 1.82) is 0 Å². The Morgan fingerprint density at radius 3 is 3.00 bits per heavy atom. The predicted molar refractivity (Wildman–Crippen MR) is 90.3 cm³/mol. The van der Waals surface area contributed by atoms with Gasteiger partial charge in [0.25, 0.3) is 0 Å². The Balaban J connectivity index is 1.80. The molecule has 3 aliphatic rings. The number of methoxy groups -OCH3 is 1. The molecule has 1 aromatic rings. The van der Waals surface area contributed by atoms with Crippen molar-refractivity contribution < 1.29 is 9.53 Å². The average Bonchev–Trinajstić information content (AvgIpc) is 2.55. The Kier molecular flexibility index (Phi) is 3.37. The fourth-order valence-electron chi connectivity index (χ4n) is 4.54. The second-order valence-electron chi connectivity index (χ2n) is 6.94. The lowest BCUT2D eigenvalue weighted by Crippen LogP contribution is -2.43. The largest absolute Gasteiger partial charge is 0.497 e. The molecule has 1 saturated carbocycles. The van der Waals surface area contributed by atoms with Crippen LogP contribution in [0, 0.1) is 11.3 Å². The number of Topliss-reactive ketones (excluding diaryl/α,β-unsaturated/α-hetero) is 1. The highest BCUT2D eigenvalue weighted by molar-refractivity contribution is 7.99. The Morgan fingerprint density at radius 1 is 1.32 bits per heavy atom. The van der Waals surface area contributed by atoms with E-state index in [1.54, 1.807) is 12.7 Å². The van der Waals surface area contributed by atoms with E-state index >= 15 is 0 Å². The summed E-state index contributed by atoms with van der Waals surface area (Å²) in [6, 6.07) is 6.43. The summed E-state index contributed by atoms with van der Waals surface area (Å²) < 4.78 is 5.36. The standard InChI is InChI=1S/C19H22O2S/c1-19-9-8-13-14-7-6-12(21-2)10-17(14)22-11-15(13)16(19)4-3-5-18(19)20/h6-7,10,16H,3-5,8-9,11H2,1-2H3/t16-,19+/m0/s1. The maximum Gasteiger partial charge on any atom is 0.139 e. The van der Waals surface area contributed by atoms with Gasteiger partial charge < -0.3 is 4.74 Å². The molecule has 0 amide bonds. The summed E-state index contributed by atoms with van der Waals surface area (Å²) in [4.78, 5) is 13.8. The van der Waals surface area contributed by atoms with Crippen LogP contribution in [0.2, 0.25) is 0 Å². The van der Waals surface area contributed by atoms with Crippen LogP contribution in [0.3, 0.4) is 0 Å². The molecule has 1 aliphatic heterocycles.